The molecule has 0 radical (unpaired) electrons. The van der Waals surface area contributed by atoms with E-state index < -0.39 is 0 Å². The number of hydrogen-bond donors (Lipinski definition) is 2. The van der Waals surface area contributed by atoms with Crippen molar-refractivity contribution in [3.63, 3.8) is 0 Å². The van der Waals surface area contributed by atoms with Crippen LogP contribution in [0.5, 0.6) is 0 Å². The Kier molecular flexibility index (Phi) is 6.56. The molecule has 0 saturated carbocycles. The minimum atomic E-state index is -0.332. The maximum Gasteiger partial charge on any atom is 0.271 e. The maximum atomic E-state index is 12.0. The minimum Gasteiger partial charge on any atom is -0.326 e. The van der Waals surface area contributed by atoms with Crippen molar-refractivity contribution in [1.29, 1.82) is 0 Å². The molecule has 7 heteroatoms. The van der Waals surface area contributed by atoms with Crippen LogP contribution in [0.25, 0.3) is 0 Å². The maximum absolute atomic E-state index is 12.0. The number of hydrogen-bond acceptors (Lipinski definition) is 3. The van der Waals surface area contributed by atoms with Gasteiger partial charge in [0.05, 0.1) is 6.42 Å². The first-order valence-electron chi connectivity index (χ1n) is 7.49. The van der Waals surface area contributed by atoms with E-state index in [2.05, 4.69) is 15.8 Å². The summed E-state index contributed by atoms with van der Waals surface area (Å²) in [6, 6.07) is 11.9. The molecule has 0 bridgehead atoms. The van der Waals surface area contributed by atoms with Gasteiger partial charge in [-0.15, -0.1) is 0 Å². The van der Waals surface area contributed by atoms with Gasteiger partial charge in [-0.25, -0.2) is 5.43 Å². The highest BCUT2D eigenvalue weighted by Crippen LogP contribution is 2.22. The number of nitrogens with one attached hydrogen (secondary N) is 2. The molecule has 0 aromatic heterocycles. The molecule has 0 aliphatic carbocycles. The first-order chi connectivity index (χ1) is 11.8. The molecule has 2 N–H and O–H groups in total. The molecule has 0 spiro atoms. The Hall–Kier alpha value is -2.37. The molecule has 0 aliphatic heterocycles. The number of carbonyl (C=O) groups excluding carboxylic acids is 2. The summed E-state index contributed by atoms with van der Waals surface area (Å²) < 4.78 is 0. The summed E-state index contributed by atoms with van der Waals surface area (Å²) >= 11 is 11.8. The van der Waals surface area contributed by atoms with Crippen LogP contribution in [-0.4, -0.2) is 17.5 Å². The average Bonchev–Trinajstić information content (AvgIpc) is 2.52. The zero-order valence-corrected chi connectivity index (χ0v) is 15.3. The smallest absolute Gasteiger partial charge is 0.271 e. The van der Waals surface area contributed by atoms with Gasteiger partial charge in [-0.1, -0.05) is 40.9 Å². The lowest BCUT2D eigenvalue weighted by molar-refractivity contribution is -0.115. The number of benzene rings is 2. The third-order valence-electron chi connectivity index (χ3n) is 3.22. The Morgan fingerprint density at radius 2 is 1.64 bits per heavy atom. The largest absolute Gasteiger partial charge is 0.326 e. The average molecular weight is 378 g/mol. The molecule has 0 unspecified atom stereocenters. The minimum absolute atomic E-state index is 0.0261. The fourth-order valence-electron chi connectivity index (χ4n) is 2.02. The van der Waals surface area contributed by atoms with Gasteiger partial charge in [-0.2, -0.15) is 5.10 Å². The summed E-state index contributed by atoms with van der Waals surface area (Å²) in [7, 11) is 0. The lowest BCUT2D eigenvalue weighted by Gasteiger charge is -2.07. The molecule has 2 aromatic carbocycles. The predicted molar refractivity (Wildman–Crippen MR) is 101 cm³/mol. The third kappa shape index (κ3) is 6.21. The van der Waals surface area contributed by atoms with Gasteiger partial charge in [0.1, 0.15) is 0 Å². The van der Waals surface area contributed by atoms with Crippen LogP contribution in [0.15, 0.2) is 47.6 Å². The second kappa shape index (κ2) is 8.65. The van der Waals surface area contributed by atoms with Crippen LogP contribution >= 0.6 is 23.2 Å². The van der Waals surface area contributed by atoms with Crippen LogP contribution in [0.3, 0.4) is 0 Å². The molecule has 5 nitrogen and oxygen atoms in total. The van der Waals surface area contributed by atoms with E-state index >= 15 is 0 Å². The fourth-order valence-corrected chi connectivity index (χ4v) is 2.54. The van der Waals surface area contributed by atoms with Crippen molar-refractivity contribution in [2.45, 2.75) is 20.3 Å². The van der Waals surface area contributed by atoms with Gasteiger partial charge in [-0.3, -0.25) is 9.59 Å². The second-order valence-corrected chi connectivity index (χ2v) is 6.41. The van der Waals surface area contributed by atoms with Gasteiger partial charge in [-0.05, 0) is 44.2 Å². The van der Waals surface area contributed by atoms with E-state index in [9.17, 15) is 9.59 Å². The number of hydrazone groups is 1. The first-order valence-corrected chi connectivity index (χ1v) is 8.25. The molecule has 2 aromatic rings. The first kappa shape index (κ1) is 19.0. The van der Waals surface area contributed by atoms with Crippen molar-refractivity contribution in [1.82, 2.24) is 5.43 Å². The van der Waals surface area contributed by atoms with Gasteiger partial charge in [0, 0.05) is 27.0 Å². The Bertz CT molecular complexity index is 797. The van der Waals surface area contributed by atoms with Crippen LogP contribution in [0, 0.1) is 6.92 Å². The van der Waals surface area contributed by atoms with Gasteiger partial charge >= 0.3 is 0 Å². The van der Waals surface area contributed by atoms with E-state index in [1.165, 1.54) is 0 Å². The molecule has 2 rings (SSSR count). The highest BCUT2D eigenvalue weighted by atomic mass is 35.5. The molecule has 130 valence electrons. The Balaban J connectivity index is 1.90. The van der Waals surface area contributed by atoms with E-state index in [0.29, 0.717) is 27.0 Å². The molecule has 0 aliphatic rings. The summed E-state index contributed by atoms with van der Waals surface area (Å²) in [5, 5.41) is 7.48. The van der Waals surface area contributed by atoms with Crippen molar-refractivity contribution in [3.8, 4) is 0 Å². The van der Waals surface area contributed by atoms with Crippen LogP contribution in [0.1, 0.15) is 29.3 Å². The summed E-state index contributed by atoms with van der Waals surface area (Å²) in [4.78, 5) is 24.0. The molecule has 2 amide bonds. The molecule has 25 heavy (non-hydrogen) atoms. The van der Waals surface area contributed by atoms with Gasteiger partial charge in [0.15, 0.2) is 0 Å². The zero-order valence-electron chi connectivity index (χ0n) is 13.8. The number of rotatable bonds is 5. The van der Waals surface area contributed by atoms with E-state index in [4.69, 9.17) is 23.2 Å². The lowest BCUT2D eigenvalue weighted by atomic mass is 10.1. The van der Waals surface area contributed by atoms with Crippen molar-refractivity contribution >= 4 is 46.4 Å². The molecule has 0 heterocycles. The SMILES string of the molecule is C/C(CC(=O)Nc1cc(Cl)cc(Cl)c1)=N/NC(=O)c1ccc(C)cc1. The Morgan fingerprint density at radius 3 is 2.24 bits per heavy atom. The summed E-state index contributed by atoms with van der Waals surface area (Å²) in [6.07, 6.45) is 0.0261. The van der Waals surface area contributed by atoms with E-state index in [1.807, 2.05) is 19.1 Å². The number of amides is 2. The highest BCUT2D eigenvalue weighted by Gasteiger charge is 2.08. The van der Waals surface area contributed by atoms with Crippen LogP contribution < -0.4 is 10.7 Å². The Labute approximate surface area is 156 Å². The summed E-state index contributed by atoms with van der Waals surface area (Å²) in [5.74, 6) is -0.620. The van der Waals surface area contributed by atoms with E-state index in [-0.39, 0.29) is 18.2 Å². The standard InChI is InChI=1S/C18H17Cl2N3O2/c1-11-3-5-13(6-4-11)18(25)23-22-12(2)7-17(24)21-16-9-14(19)8-15(20)10-16/h3-6,8-10H,7H2,1-2H3,(H,21,24)(H,23,25)/b22-12-. The molecule has 0 saturated heterocycles. The lowest BCUT2D eigenvalue weighted by Crippen LogP contribution is -2.21. The van der Waals surface area contributed by atoms with Gasteiger partial charge < -0.3 is 5.32 Å². The van der Waals surface area contributed by atoms with Crippen molar-refractivity contribution < 1.29 is 9.59 Å². The van der Waals surface area contributed by atoms with E-state index in [0.717, 1.165) is 5.56 Å². The van der Waals surface area contributed by atoms with Crippen LogP contribution in [0.4, 0.5) is 5.69 Å². The number of aryl methyl sites for hydroxylation is 1. The quantitative estimate of drug-likeness (QED) is 0.597. The second-order valence-electron chi connectivity index (χ2n) is 5.54. The Morgan fingerprint density at radius 1 is 1.04 bits per heavy atom. The normalized spacial score (nSPS) is 11.1. The predicted octanol–water partition coefficient (Wildman–Crippen LogP) is 4.44. The summed E-state index contributed by atoms with van der Waals surface area (Å²) in [5.41, 5.74) is 4.96. The van der Waals surface area contributed by atoms with Crippen molar-refractivity contribution in [3.05, 3.63) is 63.6 Å². The highest BCUT2D eigenvalue weighted by molar-refractivity contribution is 6.35. The number of halogens is 2. The molecule has 0 fully saturated rings. The number of nitrogens with zero attached hydrogens (tertiary/aromatic N) is 1. The molecule has 0 atom stereocenters. The number of anilines is 1. The molecular weight excluding hydrogens is 361 g/mol. The van der Waals surface area contributed by atoms with Crippen LogP contribution in [-0.2, 0) is 4.79 Å². The fraction of sp³-hybridized carbons (Fsp3) is 0.167. The molecular formula is C18H17Cl2N3O2. The summed E-state index contributed by atoms with van der Waals surface area (Å²) in [6.45, 7) is 3.59. The van der Waals surface area contributed by atoms with Crippen molar-refractivity contribution in [2.24, 2.45) is 5.10 Å². The monoisotopic (exact) mass is 377 g/mol. The van der Waals surface area contributed by atoms with E-state index in [1.54, 1.807) is 37.3 Å². The number of carbonyl (C=O) groups is 2. The van der Waals surface area contributed by atoms with Crippen molar-refractivity contribution in [2.75, 3.05) is 5.32 Å². The zero-order chi connectivity index (χ0) is 18.4. The van der Waals surface area contributed by atoms with Crippen LogP contribution in [0.2, 0.25) is 10.0 Å². The third-order valence-corrected chi connectivity index (χ3v) is 3.66. The van der Waals surface area contributed by atoms with Gasteiger partial charge in [0.2, 0.25) is 5.91 Å². The van der Waals surface area contributed by atoms with Gasteiger partial charge in [0.25, 0.3) is 5.91 Å². The topological polar surface area (TPSA) is 70.6 Å².